The van der Waals surface area contributed by atoms with E-state index in [-0.39, 0.29) is 5.41 Å². The molecule has 0 saturated heterocycles. The molecule has 0 radical (unpaired) electrons. The van der Waals surface area contributed by atoms with E-state index >= 15 is 0 Å². The molecule has 0 unspecified atom stereocenters. The Balaban J connectivity index is 1.15. The number of para-hydroxylation sites is 2. The van der Waals surface area contributed by atoms with Crippen LogP contribution in [0.15, 0.2) is 194 Å². The maximum atomic E-state index is 5.83. The molecule has 0 fully saturated rings. The molecule has 1 aliphatic carbocycles. The Labute approximate surface area is 362 Å². The molecular formula is C59H38N4. The second-order valence-corrected chi connectivity index (χ2v) is 17.7. The van der Waals surface area contributed by atoms with Gasteiger partial charge in [0.05, 0.1) is 33.5 Å². The lowest BCUT2D eigenvalue weighted by Crippen LogP contribution is -2.18. The summed E-state index contributed by atoms with van der Waals surface area (Å²) < 4.78 is 4.77. The van der Waals surface area contributed by atoms with Gasteiger partial charge in [-0.05, 0) is 73.8 Å². The average molecular weight is 803 g/mol. The lowest BCUT2D eigenvalue weighted by molar-refractivity contribution is 0.632. The molecule has 10 aromatic carbocycles. The third-order valence-electron chi connectivity index (χ3n) is 14.0. The third kappa shape index (κ3) is 4.59. The molecule has 4 heteroatoms. The van der Waals surface area contributed by atoms with Gasteiger partial charge in [0.2, 0.25) is 5.95 Å². The van der Waals surface area contributed by atoms with E-state index in [2.05, 4.69) is 217 Å². The molecule has 0 amide bonds. The highest BCUT2D eigenvalue weighted by Crippen LogP contribution is 2.52. The van der Waals surface area contributed by atoms with Crippen LogP contribution in [0.25, 0.3) is 121 Å². The number of hydrogen-bond acceptors (Lipinski definition) is 2. The van der Waals surface area contributed by atoms with Crippen molar-refractivity contribution in [1.82, 2.24) is 19.1 Å². The zero-order chi connectivity index (χ0) is 41.6. The molecule has 3 heterocycles. The molecule has 0 spiro atoms. The van der Waals surface area contributed by atoms with Gasteiger partial charge in [0.15, 0.2) is 0 Å². The molecule has 4 nitrogen and oxygen atoms in total. The van der Waals surface area contributed by atoms with Crippen molar-refractivity contribution in [2.24, 2.45) is 0 Å². The minimum atomic E-state index is -0.371. The van der Waals surface area contributed by atoms with Crippen molar-refractivity contribution >= 4 is 86.7 Å². The van der Waals surface area contributed by atoms with Crippen LogP contribution >= 0.6 is 0 Å². The standard InChI is InChI=1S/C59H38N4/c1-59(2)48-26-14-12-25-46(48)54-55(36-29-30-43-42-23-13-15-27-49(42)62(51(43)34-36)37-17-4-3-5-18-37)60-58(61-57(54)59)63-50-33-32-45-41-22-9-8-20-39(41)40-21-10-11-24-44(40)52(45)53(50)47-31-28-35-16-6-7-19-38(35)56(47)63/h3-34H,1-2H3. The molecular weight excluding hydrogens is 765 g/mol. The largest absolute Gasteiger partial charge is 0.309 e. The van der Waals surface area contributed by atoms with E-state index in [9.17, 15) is 0 Å². The molecule has 0 atom stereocenters. The Kier molecular flexibility index (Phi) is 6.87. The second-order valence-electron chi connectivity index (χ2n) is 17.7. The number of rotatable bonds is 3. The van der Waals surface area contributed by atoms with Crippen LogP contribution in [0.4, 0.5) is 0 Å². The van der Waals surface area contributed by atoms with Crippen LogP contribution in [0.2, 0.25) is 0 Å². The number of benzene rings is 10. The highest BCUT2D eigenvalue weighted by Gasteiger charge is 2.40. The van der Waals surface area contributed by atoms with Crippen LogP contribution in [-0.4, -0.2) is 19.1 Å². The van der Waals surface area contributed by atoms with E-state index in [1.54, 1.807) is 0 Å². The quantitative estimate of drug-likeness (QED) is 0.167. The maximum absolute atomic E-state index is 5.83. The zero-order valence-corrected chi connectivity index (χ0v) is 34.8. The zero-order valence-electron chi connectivity index (χ0n) is 34.8. The first-order valence-electron chi connectivity index (χ1n) is 21.8. The summed E-state index contributed by atoms with van der Waals surface area (Å²) in [6.07, 6.45) is 0. The molecule has 294 valence electrons. The van der Waals surface area contributed by atoms with Gasteiger partial charge in [-0.1, -0.05) is 178 Å². The fraction of sp³-hybridized carbons (Fsp3) is 0.0508. The summed E-state index contributed by atoms with van der Waals surface area (Å²) in [6, 6.07) is 70.9. The predicted octanol–water partition coefficient (Wildman–Crippen LogP) is 15.3. The summed E-state index contributed by atoms with van der Waals surface area (Å²) >= 11 is 0. The van der Waals surface area contributed by atoms with Crippen LogP contribution in [-0.2, 0) is 5.41 Å². The van der Waals surface area contributed by atoms with E-state index in [1.165, 1.54) is 81.3 Å². The molecule has 14 rings (SSSR count). The summed E-state index contributed by atoms with van der Waals surface area (Å²) in [5.41, 5.74) is 11.9. The van der Waals surface area contributed by atoms with E-state index in [0.29, 0.717) is 5.95 Å². The first-order chi connectivity index (χ1) is 31.0. The Hall–Kier alpha value is -8.08. The second kappa shape index (κ2) is 12.5. The fourth-order valence-electron chi connectivity index (χ4n) is 11.3. The first-order valence-corrected chi connectivity index (χ1v) is 21.8. The molecule has 3 aromatic heterocycles. The first kappa shape index (κ1) is 34.6. The molecule has 0 N–H and O–H groups in total. The smallest absolute Gasteiger partial charge is 0.235 e. The summed E-state index contributed by atoms with van der Waals surface area (Å²) in [6.45, 7) is 4.64. The number of fused-ring (bicyclic) bond motifs is 18. The van der Waals surface area contributed by atoms with Crippen LogP contribution in [0, 0.1) is 0 Å². The molecule has 1 aliphatic rings. The van der Waals surface area contributed by atoms with E-state index in [4.69, 9.17) is 9.97 Å². The Morgan fingerprint density at radius 2 is 1.02 bits per heavy atom. The van der Waals surface area contributed by atoms with Gasteiger partial charge in [0, 0.05) is 54.5 Å². The monoisotopic (exact) mass is 802 g/mol. The van der Waals surface area contributed by atoms with Crippen molar-refractivity contribution in [1.29, 1.82) is 0 Å². The van der Waals surface area contributed by atoms with Gasteiger partial charge in [-0.15, -0.1) is 0 Å². The molecule has 13 aromatic rings. The van der Waals surface area contributed by atoms with Gasteiger partial charge >= 0.3 is 0 Å². The summed E-state index contributed by atoms with van der Waals surface area (Å²) in [5.74, 6) is 0.675. The molecule has 63 heavy (non-hydrogen) atoms. The Morgan fingerprint density at radius 1 is 0.413 bits per heavy atom. The third-order valence-corrected chi connectivity index (χ3v) is 14.0. The van der Waals surface area contributed by atoms with Crippen LogP contribution < -0.4 is 0 Å². The minimum Gasteiger partial charge on any atom is -0.309 e. The summed E-state index contributed by atoms with van der Waals surface area (Å²) in [7, 11) is 0. The number of aromatic nitrogens is 4. The summed E-state index contributed by atoms with van der Waals surface area (Å²) in [5, 5.41) is 14.7. The van der Waals surface area contributed by atoms with Gasteiger partial charge in [-0.25, -0.2) is 9.97 Å². The van der Waals surface area contributed by atoms with Crippen molar-refractivity contribution in [3.63, 3.8) is 0 Å². The van der Waals surface area contributed by atoms with Crippen molar-refractivity contribution in [2.45, 2.75) is 19.3 Å². The maximum Gasteiger partial charge on any atom is 0.235 e. The Bertz CT molecular complexity index is 4080. The van der Waals surface area contributed by atoms with Crippen LogP contribution in [0.1, 0.15) is 25.1 Å². The van der Waals surface area contributed by atoms with Crippen molar-refractivity contribution < 1.29 is 0 Å². The topological polar surface area (TPSA) is 35.6 Å². The molecule has 0 aliphatic heterocycles. The predicted molar refractivity (Wildman–Crippen MR) is 264 cm³/mol. The van der Waals surface area contributed by atoms with Crippen molar-refractivity contribution in [3.05, 3.63) is 205 Å². The summed E-state index contributed by atoms with van der Waals surface area (Å²) in [4.78, 5) is 11.6. The van der Waals surface area contributed by atoms with E-state index < -0.39 is 0 Å². The van der Waals surface area contributed by atoms with Gasteiger partial charge in [-0.2, -0.15) is 0 Å². The highest BCUT2D eigenvalue weighted by molar-refractivity contribution is 6.36. The van der Waals surface area contributed by atoms with Crippen molar-refractivity contribution in [2.75, 3.05) is 0 Å². The van der Waals surface area contributed by atoms with Crippen LogP contribution in [0.3, 0.4) is 0 Å². The van der Waals surface area contributed by atoms with Crippen molar-refractivity contribution in [3.8, 4) is 34.0 Å². The fourth-order valence-corrected chi connectivity index (χ4v) is 11.3. The van der Waals surface area contributed by atoms with E-state index in [0.717, 1.165) is 44.8 Å². The lowest BCUT2D eigenvalue weighted by Gasteiger charge is -2.21. The van der Waals surface area contributed by atoms with Crippen LogP contribution in [0.5, 0.6) is 0 Å². The van der Waals surface area contributed by atoms with Gasteiger partial charge in [0.1, 0.15) is 0 Å². The van der Waals surface area contributed by atoms with E-state index in [1.807, 2.05) is 0 Å². The average Bonchev–Trinajstić information content (AvgIpc) is 3.94. The SMILES string of the molecule is CC1(C)c2ccccc2-c2c(-c3ccc4c5ccccc5n(-c5ccccc5)c4c3)nc(-n3c4ccc5c6ccccc6c6ccccc6c5c4c4ccc5ccccc5c43)nc21. The highest BCUT2D eigenvalue weighted by atomic mass is 15.2. The number of nitrogens with zero attached hydrogens (tertiary/aromatic N) is 4. The van der Waals surface area contributed by atoms with Gasteiger partial charge in [-0.3, -0.25) is 4.57 Å². The minimum absolute atomic E-state index is 0.371. The molecule has 0 bridgehead atoms. The lowest BCUT2D eigenvalue weighted by atomic mass is 9.85. The number of hydrogen-bond donors (Lipinski definition) is 0. The van der Waals surface area contributed by atoms with Gasteiger partial charge < -0.3 is 4.57 Å². The Morgan fingerprint density at radius 3 is 1.83 bits per heavy atom. The normalized spacial score (nSPS) is 13.4. The van der Waals surface area contributed by atoms with Gasteiger partial charge in [0.25, 0.3) is 0 Å². The molecule has 0 saturated carbocycles.